The summed E-state index contributed by atoms with van der Waals surface area (Å²) in [7, 11) is 0. The fourth-order valence-electron chi connectivity index (χ4n) is 2.80. The van der Waals surface area contributed by atoms with Gasteiger partial charge in [0.05, 0.1) is 12.2 Å². The molecule has 0 aliphatic carbocycles. The van der Waals surface area contributed by atoms with Crippen molar-refractivity contribution in [3.05, 3.63) is 71.0 Å². The molecule has 1 aliphatic rings. The molecule has 0 bridgehead atoms. The molecular formula is C19H17N5O2S. The molecule has 8 heteroatoms. The number of para-hydroxylation sites is 1. The zero-order valence-corrected chi connectivity index (χ0v) is 15.2. The average Bonchev–Trinajstić information content (AvgIpc) is 3.10. The summed E-state index contributed by atoms with van der Waals surface area (Å²) in [6.07, 6.45) is 2.23. The number of amides is 3. The fraction of sp³-hybridized carbons (Fsp3) is 0.158. The highest BCUT2D eigenvalue weighted by atomic mass is 32.1. The topological polar surface area (TPSA) is 87.2 Å². The number of fused-ring (bicyclic) bond motifs is 1. The molecule has 27 heavy (non-hydrogen) atoms. The number of hydrogen-bond acceptors (Lipinski definition) is 5. The van der Waals surface area contributed by atoms with E-state index in [-0.39, 0.29) is 11.9 Å². The van der Waals surface area contributed by atoms with Crippen LogP contribution in [0.4, 0.5) is 15.6 Å². The molecular weight excluding hydrogens is 362 g/mol. The molecule has 1 aliphatic heterocycles. The number of carbonyl (C=O) groups is 2. The van der Waals surface area contributed by atoms with E-state index in [2.05, 4.69) is 20.6 Å². The predicted molar refractivity (Wildman–Crippen MR) is 104 cm³/mol. The third-order valence-electron chi connectivity index (χ3n) is 4.16. The Morgan fingerprint density at radius 1 is 1.04 bits per heavy atom. The van der Waals surface area contributed by atoms with E-state index >= 15 is 0 Å². The highest BCUT2D eigenvalue weighted by molar-refractivity contribution is 7.15. The van der Waals surface area contributed by atoms with Gasteiger partial charge in [0.15, 0.2) is 5.13 Å². The second-order valence-corrected chi connectivity index (χ2v) is 7.11. The van der Waals surface area contributed by atoms with Crippen LogP contribution in [0, 0.1) is 0 Å². The second-order valence-electron chi connectivity index (χ2n) is 6.03. The third-order valence-corrected chi connectivity index (χ3v) is 5.16. The number of benzene rings is 1. The number of anilines is 2. The van der Waals surface area contributed by atoms with E-state index in [4.69, 9.17) is 0 Å². The van der Waals surface area contributed by atoms with E-state index in [1.165, 1.54) is 11.3 Å². The van der Waals surface area contributed by atoms with Gasteiger partial charge in [-0.2, -0.15) is 0 Å². The number of urea groups is 1. The molecule has 3 aromatic rings. The summed E-state index contributed by atoms with van der Waals surface area (Å²) in [5, 5.41) is 6.21. The molecule has 0 radical (unpaired) electrons. The molecule has 0 saturated heterocycles. The Morgan fingerprint density at radius 2 is 1.85 bits per heavy atom. The third kappa shape index (κ3) is 3.95. The van der Waals surface area contributed by atoms with Crippen molar-refractivity contribution in [1.29, 1.82) is 0 Å². The molecule has 1 aromatic carbocycles. The van der Waals surface area contributed by atoms with Gasteiger partial charge >= 0.3 is 6.03 Å². The molecule has 0 spiro atoms. The van der Waals surface area contributed by atoms with E-state index in [1.807, 2.05) is 30.3 Å². The van der Waals surface area contributed by atoms with Crippen LogP contribution in [-0.4, -0.2) is 33.4 Å². The van der Waals surface area contributed by atoms with Crippen LogP contribution in [0.15, 0.2) is 54.7 Å². The minimum absolute atomic E-state index is 0.140. The first-order chi connectivity index (χ1) is 13.2. The molecule has 3 heterocycles. The van der Waals surface area contributed by atoms with E-state index in [1.54, 1.807) is 29.3 Å². The molecule has 2 aromatic heterocycles. The first-order valence-corrected chi connectivity index (χ1v) is 9.32. The van der Waals surface area contributed by atoms with Crippen molar-refractivity contribution in [2.45, 2.75) is 13.0 Å². The van der Waals surface area contributed by atoms with Gasteiger partial charge in [-0.15, -0.1) is 0 Å². The Morgan fingerprint density at radius 3 is 2.63 bits per heavy atom. The van der Waals surface area contributed by atoms with Crippen LogP contribution in [0.2, 0.25) is 0 Å². The largest absolute Gasteiger partial charge is 0.322 e. The van der Waals surface area contributed by atoms with E-state index < -0.39 is 0 Å². The Kier molecular flexibility index (Phi) is 4.80. The molecule has 0 fully saturated rings. The maximum absolute atomic E-state index is 12.5. The number of nitrogens with one attached hydrogen (secondary N) is 2. The van der Waals surface area contributed by atoms with E-state index in [9.17, 15) is 9.59 Å². The summed E-state index contributed by atoms with van der Waals surface area (Å²) in [5.41, 5.74) is 2.04. The molecule has 0 saturated carbocycles. The number of aromatic nitrogens is 2. The number of pyridine rings is 1. The van der Waals surface area contributed by atoms with Gasteiger partial charge in [-0.05, 0) is 24.3 Å². The lowest BCUT2D eigenvalue weighted by atomic mass is 10.2. The van der Waals surface area contributed by atoms with Crippen molar-refractivity contribution in [2.24, 2.45) is 0 Å². The SMILES string of the molecule is O=C(Nc1nc2c(s1)CN(C(=O)Nc1ccccc1)CC2)c1ccccn1. The maximum Gasteiger partial charge on any atom is 0.322 e. The van der Waals surface area contributed by atoms with Crippen LogP contribution < -0.4 is 10.6 Å². The molecule has 7 nitrogen and oxygen atoms in total. The van der Waals surface area contributed by atoms with Gasteiger partial charge in [-0.1, -0.05) is 35.6 Å². The zero-order valence-electron chi connectivity index (χ0n) is 14.4. The van der Waals surface area contributed by atoms with Crippen molar-refractivity contribution in [3.8, 4) is 0 Å². The van der Waals surface area contributed by atoms with Crippen LogP contribution in [0.3, 0.4) is 0 Å². The Bertz CT molecular complexity index is 959. The van der Waals surface area contributed by atoms with Gasteiger partial charge in [0.1, 0.15) is 5.69 Å². The lowest BCUT2D eigenvalue weighted by molar-refractivity contribution is 0.102. The average molecular weight is 379 g/mol. The number of thiazole rings is 1. The number of carbonyl (C=O) groups excluding carboxylic acids is 2. The summed E-state index contributed by atoms with van der Waals surface area (Å²) < 4.78 is 0. The molecule has 0 atom stereocenters. The van der Waals surface area contributed by atoms with Crippen LogP contribution >= 0.6 is 11.3 Å². The van der Waals surface area contributed by atoms with E-state index in [0.717, 1.165) is 16.3 Å². The van der Waals surface area contributed by atoms with Crippen LogP contribution in [-0.2, 0) is 13.0 Å². The van der Waals surface area contributed by atoms with Crippen molar-refractivity contribution in [3.63, 3.8) is 0 Å². The van der Waals surface area contributed by atoms with Crippen molar-refractivity contribution < 1.29 is 9.59 Å². The number of hydrogen-bond donors (Lipinski definition) is 2. The monoisotopic (exact) mass is 379 g/mol. The summed E-state index contributed by atoms with van der Waals surface area (Å²) in [6, 6.07) is 14.4. The smallest absolute Gasteiger partial charge is 0.319 e. The minimum Gasteiger partial charge on any atom is -0.319 e. The van der Waals surface area contributed by atoms with Crippen LogP contribution in [0.5, 0.6) is 0 Å². The second kappa shape index (κ2) is 7.55. The normalized spacial score (nSPS) is 13.0. The van der Waals surface area contributed by atoms with Gasteiger partial charge in [0, 0.05) is 29.7 Å². The standard InChI is InChI=1S/C19H17N5O2S/c25-17(15-8-4-5-10-20-15)23-18-22-14-9-11-24(12-16(14)27-18)19(26)21-13-6-2-1-3-7-13/h1-8,10H,9,11-12H2,(H,21,26)(H,22,23,25). The predicted octanol–water partition coefficient (Wildman–Crippen LogP) is 3.38. The lowest BCUT2D eigenvalue weighted by Gasteiger charge is -2.26. The highest BCUT2D eigenvalue weighted by Crippen LogP contribution is 2.28. The van der Waals surface area contributed by atoms with Crippen molar-refractivity contribution in [1.82, 2.24) is 14.9 Å². The summed E-state index contributed by atoms with van der Waals surface area (Å²) >= 11 is 1.39. The van der Waals surface area contributed by atoms with Gasteiger partial charge in [-0.25, -0.2) is 9.78 Å². The number of rotatable bonds is 3. The molecule has 3 amide bonds. The van der Waals surface area contributed by atoms with Crippen molar-refractivity contribution in [2.75, 3.05) is 17.2 Å². The molecule has 4 rings (SSSR count). The zero-order chi connectivity index (χ0) is 18.6. The first-order valence-electron chi connectivity index (χ1n) is 8.51. The molecule has 2 N–H and O–H groups in total. The molecule has 136 valence electrons. The summed E-state index contributed by atoms with van der Waals surface area (Å²) in [6.45, 7) is 1.06. The quantitative estimate of drug-likeness (QED) is 0.730. The molecule has 0 unspecified atom stereocenters. The minimum atomic E-state index is -0.291. The lowest BCUT2D eigenvalue weighted by Crippen LogP contribution is -2.38. The fourth-order valence-corrected chi connectivity index (χ4v) is 3.82. The Labute approximate surface area is 160 Å². The highest BCUT2D eigenvalue weighted by Gasteiger charge is 2.24. The van der Waals surface area contributed by atoms with Crippen molar-refractivity contribution >= 4 is 34.1 Å². The Balaban J connectivity index is 1.41. The maximum atomic E-state index is 12.5. The number of nitrogens with zero attached hydrogens (tertiary/aromatic N) is 3. The van der Waals surface area contributed by atoms with Crippen LogP contribution in [0.25, 0.3) is 0 Å². The Hall–Kier alpha value is -3.26. The first kappa shape index (κ1) is 17.2. The van der Waals surface area contributed by atoms with E-state index in [0.29, 0.717) is 30.3 Å². The van der Waals surface area contributed by atoms with Crippen LogP contribution in [0.1, 0.15) is 21.1 Å². The summed E-state index contributed by atoms with van der Waals surface area (Å²) in [4.78, 5) is 36.0. The van der Waals surface area contributed by atoms with Gasteiger partial charge in [0.25, 0.3) is 5.91 Å². The van der Waals surface area contributed by atoms with Gasteiger partial charge < -0.3 is 10.2 Å². The summed E-state index contributed by atoms with van der Waals surface area (Å²) in [5.74, 6) is -0.291. The van der Waals surface area contributed by atoms with Gasteiger partial charge in [0.2, 0.25) is 0 Å². The van der Waals surface area contributed by atoms with Gasteiger partial charge in [-0.3, -0.25) is 15.1 Å².